The summed E-state index contributed by atoms with van der Waals surface area (Å²) in [5, 5.41) is 11.6. The summed E-state index contributed by atoms with van der Waals surface area (Å²) in [5.41, 5.74) is 2.96. The molecule has 0 saturated carbocycles. The first-order valence-electron chi connectivity index (χ1n) is 7.99. The summed E-state index contributed by atoms with van der Waals surface area (Å²) in [6.45, 7) is 0. The van der Waals surface area contributed by atoms with Gasteiger partial charge in [0.15, 0.2) is 5.58 Å². The first-order chi connectivity index (χ1) is 13.4. The van der Waals surface area contributed by atoms with Crippen LogP contribution >= 0.6 is 50.7 Å². The Balaban J connectivity index is 1.70. The average molecular weight is 497 g/mol. The Morgan fingerprint density at radius 3 is 2.64 bits per heavy atom. The minimum Gasteiger partial charge on any atom is -0.506 e. The lowest BCUT2D eigenvalue weighted by atomic mass is 10.2. The van der Waals surface area contributed by atoms with Crippen molar-refractivity contribution in [2.75, 3.05) is 0 Å². The number of aromatic hydroxyl groups is 1. The van der Waals surface area contributed by atoms with E-state index in [4.69, 9.17) is 39.2 Å². The van der Waals surface area contributed by atoms with Gasteiger partial charge in [0.1, 0.15) is 11.3 Å². The lowest BCUT2D eigenvalue weighted by Gasteiger charge is -2.02. The van der Waals surface area contributed by atoms with Crippen molar-refractivity contribution in [2.24, 2.45) is 4.99 Å². The molecule has 4 rings (SSSR count). The molecule has 4 nitrogen and oxygen atoms in total. The third-order valence-corrected chi connectivity index (χ3v) is 5.33. The third-order valence-electron chi connectivity index (χ3n) is 3.94. The quantitative estimate of drug-likeness (QED) is 0.296. The molecule has 140 valence electrons. The maximum atomic E-state index is 10.1. The van der Waals surface area contributed by atoms with Gasteiger partial charge in [0.2, 0.25) is 5.89 Å². The molecule has 3 aromatic carbocycles. The molecule has 0 atom stereocenters. The molecular weight excluding hydrogens is 486 g/mol. The zero-order valence-corrected chi connectivity index (χ0v) is 17.8. The fourth-order valence-electron chi connectivity index (χ4n) is 2.60. The molecule has 0 fully saturated rings. The summed E-state index contributed by atoms with van der Waals surface area (Å²) in [6, 6.07) is 13.7. The fraction of sp³-hybridized carbons (Fsp3) is 0. The molecule has 4 aromatic rings. The van der Waals surface area contributed by atoms with Gasteiger partial charge in [0.05, 0.1) is 20.7 Å². The van der Waals surface area contributed by atoms with E-state index < -0.39 is 0 Å². The minimum atomic E-state index is 0.0635. The zero-order valence-electron chi connectivity index (χ0n) is 14.0. The third kappa shape index (κ3) is 3.89. The van der Waals surface area contributed by atoms with E-state index >= 15 is 0 Å². The second-order valence-corrected chi connectivity index (χ2v) is 8.01. The predicted octanol–water partition coefficient (Wildman–Crippen LogP) is 7.67. The van der Waals surface area contributed by atoms with Gasteiger partial charge in [-0.2, -0.15) is 0 Å². The van der Waals surface area contributed by atoms with Crippen LogP contribution in [0.15, 0.2) is 62.4 Å². The molecular formula is C20H10BrCl3N2O2. The van der Waals surface area contributed by atoms with E-state index in [1.54, 1.807) is 48.5 Å². The van der Waals surface area contributed by atoms with Crippen LogP contribution in [0.25, 0.3) is 22.6 Å². The standard InChI is InChI=1S/C20H10BrCl3N2O2/c21-15-7-12(23)5-10(19(15)27)9-25-13-2-4-18-17(8-13)26-20(28-18)14-6-11(22)1-3-16(14)24/h1-9,27H. The summed E-state index contributed by atoms with van der Waals surface area (Å²) in [6.07, 6.45) is 1.53. The van der Waals surface area contributed by atoms with Crippen molar-refractivity contribution in [3.63, 3.8) is 0 Å². The second-order valence-electron chi connectivity index (χ2n) is 5.88. The van der Waals surface area contributed by atoms with Crippen LogP contribution in [0.2, 0.25) is 15.1 Å². The number of fused-ring (bicyclic) bond motifs is 1. The van der Waals surface area contributed by atoms with Crippen molar-refractivity contribution >= 4 is 73.7 Å². The van der Waals surface area contributed by atoms with Crippen molar-refractivity contribution in [2.45, 2.75) is 0 Å². The monoisotopic (exact) mass is 494 g/mol. The molecule has 0 amide bonds. The number of halogens is 4. The van der Waals surface area contributed by atoms with Crippen molar-refractivity contribution in [1.29, 1.82) is 0 Å². The fourth-order valence-corrected chi connectivity index (χ4v) is 3.81. The van der Waals surface area contributed by atoms with Crippen molar-refractivity contribution in [3.8, 4) is 17.2 Å². The van der Waals surface area contributed by atoms with E-state index in [9.17, 15) is 5.11 Å². The number of hydrogen-bond donors (Lipinski definition) is 1. The van der Waals surface area contributed by atoms with Gasteiger partial charge in [-0.1, -0.05) is 34.8 Å². The van der Waals surface area contributed by atoms with Crippen LogP contribution in [0.4, 0.5) is 5.69 Å². The number of hydrogen-bond acceptors (Lipinski definition) is 4. The molecule has 28 heavy (non-hydrogen) atoms. The molecule has 1 heterocycles. The maximum Gasteiger partial charge on any atom is 0.228 e. The smallest absolute Gasteiger partial charge is 0.228 e. The number of rotatable bonds is 3. The molecule has 0 aliphatic carbocycles. The summed E-state index contributed by atoms with van der Waals surface area (Å²) in [5.74, 6) is 0.439. The van der Waals surface area contributed by atoms with Crippen LogP contribution in [0.3, 0.4) is 0 Å². The second kappa shape index (κ2) is 7.76. The number of oxazole rings is 1. The Bertz CT molecular complexity index is 1240. The minimum absolute atomic E-state index is 0.0635. The van der Waals surface area contributed by atoms with Crippen LogP contribution in [0.1, 0.15) is 5.56 Å². The van der Waals surface area contributed by atoms with E-state index in [0.29, 0.717) is 53.3 Å². The maximum absolute atomic E-state index is 10.1. The first kappa shape index (κ1) is 19.3. The van der Waals surface area contributed by atoms with Crippen LogP contribution in [-0.4, -0.2) is 16.3 Å². The summed E-state index contributed by atoms with van der Waals surface area (Å²) in [7, 11) is 0. The highest BCUT2D eigenvalue weighted by Gasteiger charge is 2.13. The molecule has 0 spiro atoms. The summed E-state index contributed by atoms with van der Waals surface area (Å²) >= 11 is 21.5. The Kier molecular flexibility index (Phi) is 5.34. The van der Waals surface area contributed by atoms with Gasteiger partial charge >= 0.3 is 0 Å². The molecule has 0 aliphatic rings. The molecule has 0 unspecified atom stereocenters. The normalized spacial score (nSPS) is 11.6. The number of phenolic OH excluding ortho intramolecular Hbond substituents is 1. The number of nitrogens with zero attached hydrogens (tertiary/aromatic N) is 2. The Morgan fingerprint density at radius 2 is 1.82 bits per heavy atom. The van der Waals surface area contributed by atoms with Gasteiger partial charge in [-0.25, -0.2) is 4.98 Å². The lowest BCUT2D eigenvalue weighted by molar-refractivity contribution is 0.471. The van der Waals surface area contributed by atoms with E-state index in [1.807, 2.05) is 0 Å². The van der Waals surface area contributed by atoms with Gasteiger partial charge in [0, 0.05) is 21.8 Å². The summed E-state index contributed by atoms with van der Waals surface area (Å²) < 4.78 is 6.29. The highest BCUT2D eigenvalue weighted by Crippen LogP contribution is 2.34. The number of aromatic nitrogens is 1. The molecule has 1 aromatic heterocycles. The largest absolute Gasteiger partial charge is 0.506 e. The van der Waals surface area contributed by atoms with E-state index in [2.05, 4.69) is 25.9 Å². The Hall–Kier alpha value is -2.05. The molecule has 0 radical (unpaired) electrons. The number of benzene rings is 3. The van der Waals surface area contributed by atoms with Gasteiger partial charge in [-0.15, -0.1) is 0 Å². The summed E-state index contributed by atoms with van der Waals surface area (Å²) in [4.78, 5) is 8.87. The topological polar surface area (TPSA) is 58.6 Å². The van der Waals surface area contributed by atoms with E-state index in [-0.39, 0.29) is 5.75 Å². The van der Waals surface area contributed by atoms with E-state index in [1.165, 1.54) is 6.21 Å². The predicted molar refractivity (Wildman–Crippen MR) is 118 cm³/mol. The highest BCUT2D eigenvalue weighted by molar-refractivity contribution is 9.10. The highest BCUT2D eigenvalue weighted by atomic mass is 79.9. The van der Waals surface area contributed by atoms with Crippen molar-refractivity contribution in [3.05, 3.63) is 73.6 Å². The van der Waals surface area contributed by atoms with Crippen LogP contribution in [0, 0.1) is 0 Å². The van der Waals surface area contributed by atoms with Crippen LogP contribution in [0.5, 0.6) is 5.75 Å². The average Bonchev–Trinajstić information content (AvgIpc) is 3.08. The SMILES string of the molecule is Oc1c(Br)cc(Cl)cc1C=Nc1ccc2oc(-c3cc(Cl)ccc3Cl)nc2c1. The Morgan fingerprint density at radius 1 is 1.00 bits per heavy atom. The van der Waals surface area contributed by atoms with Crippen LogP contribution < -0.4 is 0 Å². The first-order valence-corrected chi connectivity index (χ1v) is 9.91. The van der Waals surface area contributed by atoms with Gasteiger partial charge < -0.3 is 9.52 Å². The van der Waals surface area contributed by atoms with E-state index in [0.717, 1.165) is 0 Å². The molecule has 0 saturated heterocycles. The van der Waals surface area contributed by atoms with Crippen LogP contribution in [-0.2, 0) is 0 Å². The molecule has 8 heteroatoms. The van der Waals surface area contributed by atoms with Crippen molar-refractivity contribution < 1.29 is 9.52 Å². The Labute approximate surface area is 183 Å². The van der Waals surface area contributed by atoms with Gasteiger partial charge in [0.25, 0.3) is 0 Å². The van der Waals surface area contributed by atoms with Crippen molar-refractivity contribution in [1.82, 2.24) is 4.98 Å². The number of aliphatic imine (C=N–C) groups is 1. The van der Waals surface area contributed by atoms with Gasteiger partial charge in [-0.05, 0) is 64.5 Å². The molecule has 1 N–H and O–H groups in total. The molecule has 0 aliphatic heterocycles. The lowest BCUT2D eigenvalue weighted by Crippen LogP contribution is -1.84. The zero-order chi connectivity index (χ0) is 19.8. The van der Waals surface area contributed by atoms with Gasteiger partial charge in [-0.3, -0.25) is 4.99 Å². The number of phenols is 1. The molecule has 0 bridgehead atoms.